The van der Waals surface area contributed by atoms with Gasteiger partial charge in [-0.15, -0.1) is 0 Å². The summed E-state index contributed by atoms with van der Waals surface area (Å²) in [6, 6.07) is 0.765. The minimum Gasteiger partial charge on any atom is -0.316 e. The van der Waals surface area contributed by atoms with E-state index in [1.54, 1.807) is 0 Å². The van der Waals surface area contributed by atoms with E-state index in [1.165, 1.54) is 77.4 Å². The molecule has 120 valence electrons. The van der Waals surface area contributed by atoms with Crippen molar-refractivity contribution in [1.82, 2.24) is 10.2 Å². The molecule has 1 fully saturated rings. The van der Waals surface area contributed by atoms with Crippen LogP contribution in [0, 0.1) is 5.41 Å². The van der Waals surface area contributed by atoms with Crippen molar-refractivity contribution in [1.29, 1.82) is 0 Å². The second-order valence-electron chi connectivity index (χ2n) is 6.98. The molecule has 0 bridgehead atoms. The van der Waals surface area contributed by atoms with Gasteiger partial charge in [0.15, 0.2) is 0 Å². The van der Waals surface area contributed by atoms with Crippen molar-refractivity contribution >= 4 is 0 Å². The zero-order valence-electron chi connectivity index (χ0n) is 14.5. The number of rotatable bonds is 9. The average Bonchev–Trinajstić information content (AvgIpc) is 2.66. The molecule has 0 aromatic carbocycles. The molecule has 0 saturated heterocycles. The number of hydrogen-bond acceptors (Lipinski definition) is 2. The van der Waals surface area contributed by atoms with E-state index in [0.29, 0.717) is 5.41 Å². The van der Waals surface area contributed by atoms with Crippen molar-refractivity contribution in [3.8, 4) is 0 Å². The summed E-state index contributed by atoms with van der Waals surface area (Å²) in [4.78, 5) is 2.65. The van der Waals surface area contributed by atoms with Gasteiger partial charge in [-0.25, -0.2) is 0 Å². The zero-order chi connectivity index (χ0) is 14.8. The van der Waals surface area contributed by atoms with E-state index in [9.17, 15) is 0 Å². The fourth-order valence-electron chi connectivity index (χ4n) is 3.97. The van der Waals surface area contributed by atoms with Gasteiger partial charge in [-0.1, -0.05) is 46.5 Å². The van der Waals surface area contributed by atoms with Crippen LogP contribution in [0.2, 0.25) is 0 Å². The van der Waals surface area contributed by atoms with Crippen LogP contribution in [0.3, 0.4) is 0 Å². The summed E-state index contributed by atoms with van der Waals surface area (Å²) in [5, 5.41) is 3.73. The van der Waals surface area contributed by atoms with E-state index < -0.39 is 0 Å². The van der Waals surface area contributed by atoms with Gasteiger partial charge >= 0.3 is 0 Å². The Morgan fingerprint density at radius 1 is 1.00 bits per heavy atom. The number of hydrogen-bond donors (Lipinski definition) is 1. The molecule has 1 saturated carbocycles. The third-order valence-corrected chi connectivity index (χ3v) is 5.24. The van der Waals surface area contributed by atoms with Gasteiger partial charge in [-0.2, -0.15) is 0 Å². The smallest absolute Gasteiger partial charge is 0.00872 e. The lowest BCUT2D eigenvalue weighted by molar-refractivity contribution is 0.111. The highest BCUT2D eigenvalue weighted by Gasteiger charge is 2.32. The topological polar surface area (TPSA) is 15.3 Å². The molecule has 0 heterocycles. The summed E-state index contributed by atoms with van der Waals surface area (Å²) < 4.78 is 0. The number of nitrogens with one attached hydrogen (secondary N) is 1. The highest BCUT2D eigenvalue weighted by Crippen LogP contribution is 2.36. The van der Waals surface area contributed by atoms with Gasteiger partial charge in [-0.3, -0.25) is 0 Å². The Balaban J connectivity index is 2.64. The van der Waals surface area contributed by atoms with Gasteiger partial charge in [0.1, 0.15) is 0 Å². The molecule has 0 amide bonds. The molecule has 20 heavy (non-hydrogen) atoms. The maximum Gasteiger partial charge on any atom is 0.00872 e. The Bertz CT molecular complexity index is 228. The van der Waals surface area contributed by atoms with Crippen molar-refractivity contribution in [3.63, 3.8) is 0 Å². The van der Waals surface area contributed by atoms with Crippen LogP contribution in [0.15, 0.2) is 0 Å². The van der Waals surface area contributed by atoms with Gasteiger partial charge in [0, 0.05) is 19.1 Å². The molecule has 0 aromatic rings. The third kappa shape index (κ3) is 5.73. The van der Waals surface area contributed by atoms with Crippen molar-refractivity contribution in [2.75, 3.05) is 26.7 Å². The maximum atomic E-state index is 3.73. The molecular formula is C18H38N2. The molecule has 0 radical (unpaired) electrons. The normalized spacial score (nSPS) is 19.5. The number of nitrogens with zero attached hydrogens (tertiary/aromatic N) is 1. The lowest BCUT2D eigenvalue weighted by atomic mass is 9.79. The molecule has 0 aromatic heterocycles. The lowest BCUT2D eigenvalue weighted by Gasteiger charge is -2.39. The monoisotopic (exact) mass is 282 g/mol. The highest BCUT2D eigenvalue weighted by molar-refractivity contribution is 4.87. The summed E-state index contributed by atoms with van der Waals surface area (Å²) >= 11 is 0. The molecule has 1 rings (SSSR count). The summed E-state index contributed by atoms with van der Waals surface area (Å²) in [7, 11) is 2.35. The standard InChI is InChI=1S/C18H38N2/c1-5-14-19-15-18(12-10-8-9-11-13-18)16-20(4)17(6-2)7-3/h17,19H,5-16H2,1-4H3. The molecule has 1 aliphatic carbocycles. The Morgan fingerprint density at radius 2 is 1.60 bits per heavy atom. The fourth-order valence-corrected chi connectivity index (χ4v) is 3.97. The summed E-state index contributed by atoms with van der Waals surface area (Å²) in [5.74, 6) is 0. The van der Waals surface area contributed by atoms with Crippen molar-refractivity contribution in [3.05, 3.63) is 0 Å². The Kier molecular flexibility index (Phi) is 8.79. The Labute approximate surface area is 127 Å². The van der Waals surface area contributed by atoms with Crippen LogP contribution in [0.5, 0.6) is 0 Å². The second-order valence-corrected chi connectivity index (χ2v) is 6.98. The minimum atomic E-state index is 0.531. The van der Waals surface area contributed by atoms with Crippen LogP contribution in [0.25, 0.3) is 0 Å². The molecule has 2 nitrogen and oxygen atoms in total. The van der Waals surface area contributed by atoms with Crippen LogP contribution in [0.4, 0.5) is 0 Å². The van der Waals surface area contributed by atoms with Crippen LogP contribution < -0.4 is 5.32 Å². The van der Waals surface area contributed by atoms with Crippen LogP contribution in [-0.4, -0.2) is 37.6 Å². The molecule has 0 aliphatic heterocycles. The third-order valence-electron chi connectivity index (χ3n) is 5.24. The van der Waals surface area contributed by atoms with Crippen LogP contribution in [0.1, 0.15) is 78.6 Å². The molecular weight excluding hydrogens is 244 g/mol. The first-order valence-electron chi connectivity index (χ1n) is 9.08. The first kappa shape index (κ1) is 18.0. The second kappa shape index (κ2) is 9.78. The predicted molar refractivity (Wildman–Crippen MR) is 90.3 cm³/mol. The maximum absolute atomic E-state index is 3.73. The van der Waals surface area contributed by atoms with Crippen LogP contribution in [-0.2, 0) is 0 Å². The summed E-state index contributed by atoms with van der Waals surface area (Å²) in [5.41, 5.74) is 0.531. The van der Waals surface area contributed by atoms with Gasteiger partial charge < -0.3 is 10.2 Å². The van der Waals surface area contributed by atoms with Gasteiger partial charge in [0.25, 0.3) is 0 Å². The average molecular weight is 283 g/mol. The minimum absolute atomic E-state index is 0.531. The first-order valence-corrected chi connectivity index (χ1v) is 9.08. The van der Waals surface area contributed by atoms with Gasteiger partial charge in [0.05, 0.1) is 0 Å². The van der Waals surface area contributed by atoms with Gasteiger partial charge in [-0.05, 0) is 51.1 Å². The van der Waals surface area contributed by atoms with E-state index in [1.807, 2.05) is 0 Å². The molecule has 1 aliphatic rings. The van der Waals surface area contributed by atoms with Crippen molar-refractivity contribution < 1.29 is 0 Å². The largest absolute Gasteiger partial charge is 0.316 e. The predicted octanol–water partition coefficient (Wildman–Crippen LogP) is 4.45. The van der Waals surface area contributed by atoms with E-state index in [2.05, 4.69) is 38.0 Å². The fraction of sp³-hybridized carbons (Fsp3) is 1.00. The molecule has 2 heteroatoms. The van der Waals surface area contributed by atoms with Crippen LogP contribution >= 0.6 is 0 Å². The van der Waals surface area contributed by atoms with E-state index in [-0.39, 0.29) is 0 Å². The molecule has 0 atom stereocenters. The van der Waals surface area contributed by atoms with E-state index >= 15 is 0 Å². The summed E-state index contributed by atoms with van der Waals surface area (Å²) in [6.07, 6.45) is 12.4. The van der Waals surface area contributed by atoms with E-state index in [0.717, 1.165) is 6.04 Å². The molecule has 0 spiro atoms. The van der Waals surface area contributed by atoms with Crippen molar-refractivity contribution in [2.24, 2.45) is 5.41 Å². The first-order chi connectivity index (χ1) is 9.67. The molecule has 1 N–H and O–H groups in total. The lowest BCUT2D eigenvalue weighted by Crippen LogP contribution is -2.46. The Morgan fingerprint density at radius 3 is 2.10 bits per heavy atom. The highest BCUT2D eigenvalue weighted by atomic mass is 15.1. The SMILES string of the molecule is CCCNCC1(CN(C)C(CC)CC)CCCCCC1. The van der Waals surface area contributed by atoms with Gasteiger partial charge in [0.2, 0.25) is 0 Å². The zero-order valence-corrected chi connectivity index (χ0v) is 14.5. The Hall–Kier alpha value is -0.0800. The van der Waals surface area contributed by atoms with Crippen molar-refractivity contribution in [2.45, 2.75) is 84.6 Å². The quantitative estimate of drug-likeness (QED) is 0.496. The summed E-state index contributed by atoms with van der Waals surface area (Å²) in [6.45, 7) is 10.6. The van der Waals surface area contributed by atoms with E-state index in [4.69, 9.17) is 0 Å². The molecule has 0 unspecified atom stereocenters.